The molecule has 2 aliphatic rings. The first-order valence-corrected chi connectivity index (χ1v) is 9.51. The molecule has 2 fully saturated rings. The van der Waals surface area contributed by atoms with Crippen LogP contribution in [-0.2, 0) is 4.79 Å². The number of piperidine rings is 1. The molecule has 0 aliphatic carbocycles. The minimum absolute atomic E-state index is 0.0752. The normalized spacial score (nSPS) is 20.7. The monoisotopic (exact) mass is 392 g/mol. The summed E-state index contributed by atoms with van der Waals surface area (Å²) >= 11 is 6.33. The highest BCUT2D eigenvalue weighted by molar-refractivity contribution is 6.33. The summed E-state index contributed by atoms with van der Waals surface area (Å²) < 4.78 is 0. The number of nitrogens with one attached hydrogen (secondary N) is 3. The van der Waals surface area contributed by atoms with Crippen molar-refractivity contribution in [3.05, 3.63) is 29.3 Å². The number of urea groups is 1. The molecule has 1 atom stereocenters. The van der Waals surface area contributed by atoms with Crippen molar-refractivity contribution in [2.75, 3.05) is 44.7 Å². The summed E-state index contributed by atoms with van der Waals surface area (Å²) in [6.07, 6.45) is 2.09. The Kier molecular flexibility index (Phi) is 6.39. The largest absolute Gasteiger partial charge is 0.368 e. The lowest BCUT2D eigenvalue weighted by Crippen LogP contribution is -2.52. The van der Waals surface area contributed by atoms with Crippen molar-refractivity contribution in [3.8, 4) is 0 Å². The Morgan fingerprint density at radius 1 is 1.37 bits per heavy atom. The summed E-state index contributed by atoms with van der Waals surface area (Å²) in [5, 5.41) is 9.86. The van der Waals surface area contributed by atoms with E-state index in [-0.39, 0.29) is 24.5 Å². The van der Waals surface area contributed by atoms with Gasteiger partial charge in [0.2, 0.25) is 5.91 Å². The zero-order valence-electron chi connectivity index (χ0n) is 15.4. The van der Waals surface area contributed by atoms with Crippen LogP contribution in [0, 0.1) is 0 Å². The molecule has 0 bridgehead atoms. The summed E-state index contributed by atoms with van der Waals surface area (Å²) in [6.45, 7) is 2.63. The summed E-state index contributed by atoms with van der Waals surface area (Å²) in [5.41, 5.74) is 1.05. The van der Waals surface area contributed by atoms with Gasteiger partial charge in [-0.3, -0.25) is 14.7 Å². The molecule has 1 aromatic rings. The summed E-state index contributed by atoms with van der Waals surface area (Å²) in [5.74, 6) is 0.459. The SMILES string of the molecule is CN=C(NCCN1C(=O)CNC1=O)NC1CCCN(c2ccccc2Cl)C1. The van der Waals surface area contributed by atoms with Gasteiger partial charge in [-0.2, -0.15) is 0 Å². The van der Waals surface area contributed by atoms with Gasteiger partial charge in [0, 0.05) is 39.3 Å². The molecule has 3 N–H and O–H groups in total. The number of aliphatic imine (C=N–C) groups is 1. The number of benzene rings is 1. The molecule has 8 nitrogen and oxygen atoms in total. The number of anilines is 1. The first-order chi connectivity index (χ1) is 13.1. The fourth-order valence-electron chi connectivity index (χ4n) is 3.38. The number of carbonyl (C=O) groups excluding carboxylic acids is 2. The highest BCUT2D eigenvalue weighted by Crippen LogP contribution is 2.27. The number of rotatable bonds is 5. The van der Waals surface area contributed by atoms with E-state index in [2.05, 4.69) is 25.8 Å². The number of guanidine groups is 1. The van der Waals surface area contributed by atoms with Crippen LogP contribution in [0.3, 0.4) is 0 Å². The molecule has 0 spiro atoms. The van der Waals surface area contributed by atoms with Gasteiger partial charge >= 0.3 is 6.03 Å². The van der Waals surface area contributed by atoms with Gasteiger partial charge in [0.1, 0.15) is 0 Å². The van der Waals surface area contributed by atoms with E-state index in [9.17, 15) is 9.59 Å². The third-order valence-corrected chi connectivity index (χ3v) is 5.06. The van der Waals surface area contributed by atoms with Crippen molar-refractivity contribution in [1.29, 1.82) is 0 Å². The zero-order chi connectivity index (χ0) is 19.2. The van der Waals surface area contributed by atoms with E-state index in [4.69, 9.17) is 11.6 Å². The molecule has 9 heteroatoms. The van der Waals surface area contributed by atoms with E-state index < -0.39 is 0 Å². The topological polar surface area (TPSA) is 89.1 Å². The number of hydrogen-bond donors (Lipinski definition) is 3. The number of nitrogens with zero attached hydrogens (tertiary/aromatic N) is 3. The lowest BCUT2D eigenvalue weighted by molar-refractivity contribution is -0.124. The number of hydrogen-bond acceptors (Lipinski definition) is 4. The van der Waals surface area contributed by atoms with E-state index in [1.54, 1.807) is 7.05 Å². The highest BCUT2D eigenvalue weighted by atomic mass is 35.5. The molecular weight excluding hydrogens is 368 g/mol. The van der Waals surface area contributed by atoms with Crippen LogP contribution in [0.4, 0.5) is 10.5 Å². The lowest BCUT2D eigenvalue weighted by Gasteiger charge is -2.35. The molecule has 2 aliphatic heterocycles. The second kappa shape index (κ2) is 8.94. The predicted octanol–water partition coefficient (Wildman–Crippen LogP) is 1.03. The third-order valence-electron chi connectivity index (χ3n) is 4.74. The molecular formula is C18H25ClN6O2. The number of halogens is 1. The van der Waals surface area contributed by atoms with Crippen LogP contribution in [0.25, 0.3) is 0 Å². The van der Waals surface area contributed by atoms with Gasteiger partial charge in [-0.1, -0.05) is 23.7 Å². The molecule has 0 saturated carbocycles. The van der Waals surface area contributed by atoms with Crippen LogP contribution in [-0.4, -0.2) is 68.6 Å². The number of imide groups is 1. The molecule has 3 rings (SSSR count). The van der Waals surface area contributed by atoms with E-state index >= 15 is 0 Å². The van der Waals surface area contributed by atoms with Crippen molar-refractivity contribution < 1.29 is 9.59 Å². The average Bonchev–Trinajstić information content (AvgIpc) is 2.99. The van der Waals surface area contributed by atoms with Gasteiger partial charge in [0.15, 0.2) is 5.96 Å². The van der Waals surface area contributed by atoms with Crippen molar-refractivity contribution in [1.82, 2.24) is 20.9 Å². The second-order valence-electron chi connectivity index (χ2n) is 6.58. The maximum Gasteiger partial charge on any atom is 0.324 e. The molecule has 1 aromatic carbocycles. The summed E-state index contributed by atoms with van der Waals surface area (Å²) in [7, 11) is 1.71. The first kappa shape index (κ1) is 19.3. The number of amides is 3. The predicted molar refractivity (Wildman–Crippen MR) is 106 cm³/mol. The summed E-state index contributed by atoms with van der Waals surface area (Å²) in [4.78, 5) is 30.9. The van der Waals surface area contributed by atoms with Crippen LogP contribution in [0.1, 0.15) is 12.8 Å². The van der Waals surface area contributed by atoms with Gasteiger partial charge in [0.25, 0.3) is 0 Å². The molecule has 3 amide bonds. The zero-order valence-corrected chi connectivity index (χ0v) is 16.1. The van der Waals surface area contributed by atoms with Crippen LogP contribution >= 0.6 is 11.6 Å². The average molecular weight is 393 g/mol. The van der Waals surface area contributed by atoms with Gasteiger partial charge in [0.05, 0.1) is 17.3 Å². The Bertz CT molecular complexity index is 710. The van der Waals surface area contributed by atoms with Crippen LogP contribution < -0.4 is 20.9 Å². The smallest absolute Gasteiger partial charge is 0.324 e. The minimum Gasteiger partial charge on any atom is -0.368 e. The first-order valence-electron chi connectivity index (χ1n) is 9.13. The molecule has 0 aromatic heterocycles. The fourth-order valence-corrected chi connectivity index (χ4v) is 3.63. The van der Waals surface area contributed by atoms with E-state index in [1.165, 1.54) is 4.90 Å². The molecule has 27 heavy (non-hydrogen) atoms. The van der Waals surface area contributed by atoms with Gasteiger partial charge < -0.3 is 20.9 Å². The molecule has 2 saturated heterocycles. The Morgan fingerprint density at radius 2 is 2.19 bits per heavy atom. The van der Waals surface area contributed by atoms with Crippen LogP contribution in [0.2, 0.25) is 5.02 Å². The third kappa shape index (κ3) is 4.82. The molecule has 1 unspecified atom stereocenters. The van der Waals surface area contributed by atoms with Crippen molar-refractivity contribution >= 4 is 35.2 Å². The Balaban J connectivity index is 1.50. The van der Waals surface area contributed by atoms with Crippen molar-refractivity contribution in [3.63, 3.8) is 0 Å². The van der Waals surface area contributed by atoms with E-state index in [0.29, 0.717) is 19.0 Å². The van der Waals surface area contributed by atoms with Crippen molar-refractivity contribution in [2.24, 2.45) is 4.99 Å². The minimum atomic E-state index is -0.340. The Morgan fingerprint density at radius 3 is 2.89 bits per heavy atom. The maximum absolute atomic E-state index is 11.6. The van der Waals surface area contributed by atoms with Crippen molar-refractivity contribution in [2.45, 2.75) is 18.9 Å². The maximum atomic E-state index is 11.6. The molecule has 2 heterocycles. The van der Waals surface area contributed by atoms with E-state index in [1.807, 2.05) is 24.3 Å². The fraction of sp³-hybridized carbons (Fsp3) is 0.500. The molecule has 146 valence electrons. The lowest BCUT2D eigenvalue weighted by atomic mass is 10.0. The van der Waals surface area contributed by atoms with Gasteiger partial charge in [-0.15, -0.1) is 0 Å². The van der Waals surface area contributed by atoms with E-state index in [0.717, 1.165) is 36.6 Å². The number of para-hydroxylation sites is 1. The van der Waals surface area contributed by atoms with Gasteiger partial charge in [-0.25, -0.2) is 4.79 Å². The molecule has 0 radical (unpaired) electrons. The second-order valence-corrected chi connectivity index (χ2v) is 6.99. The standard InChI is InChI=1S/C18H25ClN6O2/c1-20-17(21-8-10-25-16(26)11-22-18(25)27)23-13-5-4-9-24(12-13)15-7-3-2-6-14(15)19/h2-3,6-7,13H,4-5,8-12H2,1H3,(H,22,27)(H2,20,21,23). The highest BCUT2D eigenvalue weighted by Gasteiger charge is 2.28. The van der Waals surface area contributed by atoms with Gasteiger partial charge in [-0.05, 0) is 25.0 Å². The quantitative estimate of drug-likeness (QED) is 0.395. The van der Waals surface area contributed by atoms with Crippen LogP contribution in [0.5, 0.6) is 0 Å². The van der Waals surface area contributed by atoms with Crippen LogP contribution in [0.15, 0.2) is 29.3 Å². The summed E-state index contributed by atoms with van der Waals surface area (Å²) in [6, 6.07) is 7.77. The Labute approximate surface area is 163 Å². The Hall–Kier alpha value is -2.48. The number of carbonyl (C=O) groups is 2.